The van der Waals surface area contributed by atoms with E-state index in [1.807, 2.05) is 0 Å². The van der Waals surface area contributed by atoms with Gasteiger partial charge in [0, 0.05) is 18.3 Å². The number of nitrogen functional groups attached to an aromatic ring is 1. The molecule has 1 aromatic carbocycles. The molecule has 0 fully saturated rings. The Balaban J connectivity index is 0. The van der Waals surface area contributed by atoms with Crippen molar-refractivity contribution in [3.63, 3.8) is 0 Å². The molecule has 0 aliphatic carbocycles. The summed E-state index contributed by atoms with van der Waals surface area (Å²) in [6, 6.07) is 5.03. The van der Waals surface area contributed by atoms with Crippen molar-refractivity contribution in [2.75, 3.05) is 38.6 Å². The standard InChI is InChI=1S/C17H28N2O3.2ClH/c1-4-7-11-21-16-13-14(18)8-9-15(16)17(20)22-12-10-19(5-2)6-3;;/h8-9,13H,4-7,10-12,18H2,1-3H3;2*1H. The Morgan fingerprint density at radius 2 is 1.79 bits per heavy atom. The zero-order valence-electron chi connectivity index (χ0n) is 14.7. The summed E-state index contributed by atoms with van der Waals surface area (Å²) in [5, 5.41) is 0. The van der Waals surface area contributed by atoms with Gasteiger partial charge in [-0.15, -0.1) is 24.8 Å². The van der Waals surface area contributed by atoms with Gasteiger partial charge in [0.25, 0.3) is 0 Å². The molecule has 2 N–H and O–H groups in total. The maximum absolute atomic E-state index is 12.2. The average Bonchev–Trinajstić information content (AvgIpc) is 2.52. The van der Waals surface area contributed by atoms with E-state index in [9.17, 15) is 4.79 Å². The third-order valence-electron chi connectivity index (χ3n) is 3.52. The second-order valence-electron chi connectivity index (χ2n) is 5.12. The summed E-state index contributed by atoms with van der Waals surface area (Å²) in [4.78, 5) is 14.4. The molecule has 5 nitrogen and oxygen atoms in total. The van der Waals surface area contributed by atoms with Gasteiger partial charge in [0.15, 0.2) is 0 Å². The summed E-state index contributed by atoms with van der Waals surface area (Å²) in [6.45, 7) is 9.84. The van der Waals surface area contributed by atoms with Crippen LogP contribution >= 0.6 is 24.8 Å². The van der Waals surface area contributed by atoms with Crippen molar-refractivity contribution in [1.29, 1.82) is 0 Å². The molecule has 0 aliphatic heterocycles. The van der Waals surface area contributed by atoms with Crippen LogP contribution in [0.4, 0.5) is 5.69 Å². The molecule has 0 saturated heterocycles. The highest BCUT2D eigenvalue weighted by molar-refractivity contribution is 5.93. The summed E-state index contributed by atoms with van der Waals surface area (Å²) in [6.07, 6.45) is 1.97. The van der Waals surface area contributed by atoms with Crippen LogP contribution < -0.4 is 10.5 Å². The molecule has 0 aliphatic rings. The Labute approximate surface area is 157 Å². The number of esters is 1. The minimum absolute atomic E-state index is 0. The molecule has 1 aromatic rings. The lowest BCUT2D eigenvalue weighted by Crippen LogP contribution is -2.28. The summed E-state index contributed by atoms with van der Waals surface area (Å²) in [7, 11) is 0. The zero-order chi connectivity index (χ0) is 16.4. The molecule has 0 spiro atoms. The van der Waals surface area contributed by atoms with Crippen LogP contribution in [0.1, 0.15) is 44.0 Å². The molecular weight excluding hydrogens is 351 g/mol. The van der Waals surface area contributed by atoms with Gasteiger partial charge in [0.05, 0.1) is 6.61 Å². The number of hydrogen-bond acceptors (Lipinski definition) is 5. The number of halogens is 2. The fourth-order valence-electron chi connectivity index (χ4n) is 2.04. The first kappa shape index (κ1) is 25.1. The molecule has 24 heavy (non-hydrogen) atoms. The largest absolute Gasteiger partial charge is 0.493 e. The lowest BCUT2D eigenvalue weighted by molar-refractivity contribution is 0.0462. The number of nitrogens with two attached hydrogens (primary N) is 1. The molecule has 0 aromatic heterocycles. The summed E-state index contributed by atoms with van der Waals surface area (Å²) >= 11 is 0. The Kier molecular flexibility index (Phi) is 14.8. The van der Waals surface area contributed by atoms with Crippen LogP contribution in [-0.4, -0.2) is 43.7 Å². The van der Waals surface area contributed by atoms with E-state index in [2.05, 4.69) is 25.7 Å². The number of rotatable bonds is 10. The number of carbonyl (C=O) groups is 1. The molecule has 0 amide bonds. The smallest absolute Gasteiger partial charge is 0.341 e. The van der Waals surface area contributed by atoms with Gasteiger partial charge in [-0.3, -0.25) is 0 Å². The second-order valence-corrected chi connectivity index (χ2v) is 5.12. The predicted octanol–water partition coefficient (Wildman–Crippen LogP) is 3.79. The van der Waals surface area contributed by atoms with E-state index < -0.39 is 0 Å². The molecule has 1 rings (SSSR count). The first-order chi connectivity index (χ1) is 10.6. The number of ether oxygens (including phenoxy) is 2. The van der Waals surface area contributed by atoms with Crippen molar-refractivity contribution >= 4 is 36.5 Å². The van der Waals surface area contributed by atoms with Gasteiger partial charge >= 0.3 is 5.97 Å². The minimum atomic E-state index is -0.362. The molecule has 0 saturated carbocycles. The maximum atomic E-state index is 12.2. The fraction of sp³-hybridized carbons (Fsp3) is 0.588. The van der Waals surface area contributed by atoms with E-state index >= 15 is 0 Å². The Morgan fingerprint density at radius 3 is 2.38 bits per heavy atom. The van der Waals surface area contributed by atoms with Crippen LogP contribution in [0.15, 0.2) is 18.2 Å². The van der Waals surface area contributed by atoms with Crippen molar-refractivity contribution in [3.8, 4) is 5.75 Å². The number of anilines is 1. The van der Waals surface area contributed by atoms with Crippen molar-refractivity contribution in [1.82, 2.24) is 4.90 Å². The predicted molar refractivity (Wildman–Crippen MR) is 104 cm³/mol. The van der Waals surface area contributed by atoms with Gasteiger partial charge in [-0.2, -0.15) is 0 Å². The van der Waals surface area contributed by atoms with Crippen LogP contribution in [0.25, 0.3) is 0 Å². The molecule has 0 heterocycles. The number of hydrogen-bond donors (Lipinski definition) is 1. The van der Waals surface area contributed by atoms with Crippen molar-refractivity contribution in [3.05, 3.63) is 23.8 Å². The molecular formula is C17H30Cl2N2O3. The van der Waals surface area contributed by atoms with Gasteiger partial charge in [-0.25, -0.2) is 4.79 Å². The van der Waals surface area contributed by atoms with Gasteiger partial charge in [-0.1, -0.05) is 27.2 Å². The number of carbonyl (C=O) groups excluding carboxylic acids is 1. The molecule has 0 unspecified atom stereocenters. The summed E-state index contributed by atoms with van der Waals surface area (Å²) < 4.78 is 11.0. The van der Waals surface area contributed by atoms with Crippen LogP contribution in [0.2, 0.25) is 0 Å². The molecule has 0 radical (unpaired) electrons. The van der Waals surface area contributed by atoms with E-state index in [4.69, 9.17) is 15.2 Å². The third kappa shape index (κ3) is 8.62. The third-order valence-corrected chi connectivity index (χ3v) is 3.52. The van der Waals surface area contributed by atoms with Gasteiger partial charge in [0.1, 0.15) is 17.9 Å². The van der Waals surface area contributed by atoms with Crippen LogP contribution in [0, 0.1) is 0 Å². The zero-order valence-corrected chi connectivity index (χ0v) is 16.4. The highest BCUT2D eigenvalue weighted by Crippen LogP contribution is 2.23. The van der Waals surface area contributed by atoms with Crippen LogP contribution in [0.5, 0.6) is 5.75 Å². The number of nitrogens with zero attached hydrogens (tertiary/aromatic N) is 1. The molecule has 140 valence electrons. The van der Waals surface area contributed by atoms with Gasteiger partial charge in [-0.05, 0) is 31.6 Å². The lowest BCUT2D eigenvalue weighted by atomic mass is 10.2. The maximum Gasteiger partial charge on any atom is 0.341 e. The summed E-state index contributed by atoms with van der Waals surface area (Å²) in [5.74, 6) is 0.139. The van der Waals surface area contributed by atoms with E-state index in [1.54, 1.807) is 18.2 Å². The van der Waals surface area contributed by atoms with E-state index in [-0.39, 0.29) is 30.8 Å². The van der Waals surface area contributed by atoms with E-state index in [0.717, 1.165) is 32.5 Å². The number of unbranched alkanes of at least 4 members (excludes halogenated alkanes) is 1. The van der Waals surface area contributed by atoms with Crippen LogP contribution in [-0.2, 0) is 4.74 Å². The highest BCUT2D eigenvalue weighted by Gasteiger charge is 2.15. The van der Waals surface area contributed by atoms with E-state index in [1.165, 1.54) is 0 Å². The SMILES string of the molecule is CCCCOc1cc(N)ccc1C(=O)OCCN(CC)CC.Cl.Cl. The average molecular weight is 381 g/mol. The lowest BCUT2D eigenvalue weighted by Gasteiger charge is -2.18. The molecule has 0 bridgehead atoms. The van der Waals surface area contributed by atoms with Gasteiger partial charge < -0.3 is 20.1 Å². The van der Waals surface area contributed by atoms with E-state index in [0.29, 0.717) is 30.2 Å². The van der Waals surface area contributed by atoms with Crippen molar-refractivity contribution in [2.24, 2.45) is 0 Å². The van der Waals surface area contributed by atoms with Crippen molar-refractivity contribution in [2.45, 2.75) is 33.6 Å². The Hall–Kier alpha value is -1.17. The van der Waals surface area contributed by atoms with Crippen molar-refractivity contribution < 1.29 is 14.3 Å². The quantitative estimate of drug-likeness (QED) is 0.380. The fourth-order valence-corrected chi connectivity index (χ4v) is 2.04. The monoisotopic (exact) mass is 380 g/mol. The first-order valence-electron chi connectivity index (χ1n) is 8.04. The Morgan fingerprint density at radius 1 is 1.12 bits per heavy atom. The highest BCUT2D eigenvalue weighted by atomic mass is 35.5. The van der Waals surface area contributed by atoms with Gasteiger partial charge in [0.2, 0.25) is 0 Å². The second kappa shape index (κ2) is 14.2. The molecule has 0 atom stereocenters. The summed E-state index contributed by atoms with van der Waals surface area (Å²) in [5.41, 5.74) is 6.78. The van der Waals surface area contributed by atoms with Crippen LogP contribution in [0.3, 0.4) is 0 Å². The molecule has 7 heteroatoms. The Bertz CT molecular complexity index is 469. The normalized spacial score (nSPS) is 9.83. The first-order valence-corrected chi connectivity index (χ1v) is 8.04. The minimum Gasteiger partial charge on any atom is -0.493 e. The topological polar surface area (TPSA) is 64.8 Å². The number of likely N-dealkylation sites (N-methyl/N-ethyl adjacent to an activating group) is 1. The number of benzene rings is 1.